The molecule has 1 fully saturated rings. The third-order valence-electron chi connectivity index (χ3n) is 3.50. The molecular weight excluding hydrogens is 233 g/mol. The van der Waals surface area contributed by atoms with Gasteiger partial charge in [0, 0.05) is 12.5 Å². The fraction of sp³-hybridized carbons (Fsp3) is 0.500. The third-order valence-corrected chi connectivity index (χ3v) is 3.50. The molecule has 0 unspecified atom stereocenters. The number of ether oxygens (including phenoxy) is 1. The van der Waals surface area contributed by atoms with Crippen LogP contribution < -0.4 is 0 Å². The van der Waals surface area contributed by atoms with Crippen molar-refractivity contribution < 1.29 is 13.9 Å². The molecule has 1 aromatic carbocycles. The van der Waals surface area contributed by atoms with Crippen LogP contribution in [-0.2, 0) is 4.74 Å². The van der Waals surface area contributed by atoms with E-state index in [2.05, 4.69) is 4.74 Å². The van der Waals surface area contributed by atoms with Crippen LogP contribution in [0.25, 0.3) is 0 Å². The van der Waals surface area contributed by atoms with Crippen molar-refractivity contribution in [3.05, 3.63) is 35.4 Å². The van der Waals surface area contributed by atoms with Crippen molar-refractivity contribution in [2.75, 3.05) is 27.2 Å². The molecule has 0 spiro atoms. The average Bonchev–Trinajstić information content (AvgIpc) is 2.38. The van der Waals surface area contributed by atoms with E-state index in [1.807, 2.05) is 24.1 Å². The summed E-state index contributed by atoms with van der Waals surface area (Å²) < 4.78 is 18.6. The van der Waals surface area contributed by atoms with Crippen LogP contribution in [0.5, 0.6) is 0 Å². The van der Waals surface area contributed by atoms with E-state index in [9.17, 15) is 9.18 Å². The minimum Gasteiger partial charge on any atom is -0.465 e. The molecule has 3 nitrogen and oxygen atoms in total. The van der Waals surface area contributed by atoms with Crippen molar-refractivity contribution >= 4 is 5.97 Å². The number of piperidine rings is 1. The fourth-order valence-corrected chi connectivity index (χ4v) is 2.42. The predicted octanol–water partition coefficient (Wildman–Crippen LogP) is 2.23. The molecule has 0 aliphatic carbocycles. The number of hydrogen-bond donors (Lipinski definition) is 0. The van der Waals surface area contributed by atoms with Crippen molar-refractivity contribution in [1.82, 2.24) is 4.90 Å². The van der Waals surface area contributed by atoms with Crippen LogP contribution in [0, 0.1) is 0 Å². The van der Waals surface area contributed by atoms with Gasteiger partial charge in [-0.2, -0.15) is 0 Å². The highest BCUT2D eigenvalue weighted by molar-refractivity contribution is 5.89. The molecule has 1 heterocycles. The van der Waals surface area contributed by atoms with Crippen LogP contribution in [0.4, 0.5) is 4.39 Å². The number of benzene rings is 1. The summed E-state index contributed by atoms with van der Waals surface area (Å²) >= 11 is 0. The summed E-state index contributed by atoms with van der Waals surface area (Å²) in [6, 6.07) is 7.06. The Morgan fingerprint density at radius 3 is 2.61 bits per heavy atom. The summed E-state index contributed by atoms with van der Waals surface area (Å²) in [6.07, 6.45) is -0.0253. The van der Waals surface area contributed by atoms with E-state index in [0.29, 0.717) is 12.1 Å². The Bertz CT molecular complexity index is 418. The first-order valence-corrected chi connectivity index (χ1v) is 6.12. The van der Waals surface area contributed by atoms with Crippen molar-refractivity contribution in [1.29, 1.82) is 0 Å². The lowest BCUT2D eigenvalue weighted by Gasteiger charge is -2.32. The van der Waals surface area contributed by atoms with Crippen LogP contribution in [-0.4, -0.2) is 44.3 Å². The summed E-state index contributed by atoms with van der Waals surface area (Å²) in [4.78, 5) is 13.3. The van der Waals surface area contributed by atoms with E-state index < -0.39 is 6.17 Å². The van der Waals surface area contributed by atoms with Crippen molar-refractivity contribution in [3.63, 3.8) is 0 Å². The van der Waals surface area contributed by atoms with Gasteiger partial charge in [-0.05, 0) is 37.7 Å². The molecule has 0 radical (unpaired) electrons. The van der Waals surface area contributed by atoms with E-state index in [4.69, 9.17) is 0 Å². The molecule has 0 aromatic heterocycles. The molecule has 1 saturated heterocycles. The highest BCUT2D eigenvalue weighted by atomic mass is 19.1. The largest absolute Gasteiger partial charge is 0.465 e. The molecule has 0 amide bonds. The van der Waals surface area contributed by atoms with Gasteiger partial charge in [0.15, 0.2) is 0 Å². The van der Waals surface area contributed by atoms with Crippen LogP contribution in [0.3, 0.4) is 0 Å². The molecule has 0 saturated carbocycles. The maximum Gasteiger partial charge on any atom is 0.337 e. The lowest BCUT2D eigenvalue weighted by atomic mass is 9.88. The second-order valence-corrected chi connectivity index (χ2v) is 4.79. The van der Waals surface area contributed by atoms with Gasteiger partial charge in [-0.15, -0.1) is 0 Å². The molecule has 1 aromatic rings. The Labute approximate surface area is 107 Å². The number of hydrogen-bond acceptors (Lipinski definition) is 3. The molecule has 18 heavy (non-hydrogen) atoms. The first-order chi connectivity index (χ1) is 8.61. The Morgan fingerprint density at radius 1 is 1.39 bits per heavy atom. The Hall–Kier alpha value is -1.42. The van der Waals surface area contributed by atoms with Gasteiger partial charge in [0.25, 0.3) is 0 Å². The van der Waals surface area contributed by atoms with E-state index in [1.165, 1.54) is 7.11 Å². The Morgan fingerprint density at radius 2 is 2.06 bits per heavy atom. The highest BCUT2D eigenvalue weighted by Gasteiger charge is 2.28. The van der Waals surface area contributed by atoms with Gasteiger partial charge in [0.2, 0.25) is 0 Å². The smallest absolute Gasteiger partial charge is 0.337 e. The standard InChI is InChI=1S/C14H18FNO2/c1-16-8-7-12(13(15)9-16)10-3-5-11(6-4-10)14(17)18-2/h3-6,12-13H,7-9H2,1-2H3/t12-,13-/m1/s1. The first kappa shape index (κ1) is 13.0. The number of carbonyl (C=O) groups is 1. The van der Waals surface area contributed by atoms with Gasteiger partial charge in [0.05, 0.1) is 12.7 Å². The quantitative estimate of drug-likeness (QED) is 0.755. The number of nitrogens with zero attached hydrogens (tertiary/aromatic N) is 1. The fourth-order valence-electron chi connectivity index (χ4n) is 2.42. The van der Waals surface area contributed by atoms with E-state index in [-0.39, 0.29) is 11.9 Å². The topological polar surface area (TPSA) is 29.5 Å². The first-order valence-electron chi connectivity index (χ1n) is 6.12. The number of carbonyl (C=O) groups excluding carboxylic acids is 1. The van der Waals surface area contributed by atoms with Gasteiger partial charge < -0.3 is 9.64 Å². The minimum absolute atomic E-state index is 0.0621. The Kier molecular flexibility index (Phi) is 3.97. The lowest BCUT2D eigenvalue weighted by Crippen LogP contribution is -2.38. The number of esters is 1. The molecule has 0 N–H and O–H groups in total. The van der Waals surface area contributed by atoms with Crippen molar-refractivity contribution in [2.24, 2.45) is 0 Å². The molecule has 2 atom stereocenters. The summed E-state index contributed by atoms with van der Waals surface area (Å²) in [5.41, 5.74) is 1.47. The minimum atomic E-state index is -0.840. The zero-order valence-electron chi connectivity index (χ0n) is 10.7. The number of halogens is 1. The third kappa shape index (κ3) is 2.70. The molecule has 2 rings (SSSR count). The van der Waals surface area contributed by atoms with Gasteiger partial charge in [-0.3, -0.25) is 0 Å². The average molecular weight is 251 g/mol. The lowest BCUT2D eigenvalue weighted by molar-refractivity contribution is 0.0600. The van der Waals surface area contributed by atoms with Crippen LogP contribution in [0.2, 0.25) is 0 Å². The predicted molar refractivity (Wildman–Crippen MR) is 67.5 cm³/mol. The van der Waals surface area contributed by atoms with Gasteiger partial charge in [-0.1, -0.05) is 12.1 Å². The molecular formula is C14H18FNO2. The van der Waals surface area contributed by atoms with E-state index in [1.54, 1.807) is 12.1 Å². The second-order valence-electron chi connectivity index (χ2n) is 4.79. The summed E-state index contributed by atoms with van der Waals surface area (Å²) in [5, 5.41) is 0. The van der Waals surface area contributed by atoms with Crippen LogP contribution in [0.15, 0.2) is 24.3 Å². The summed E-state index contributed by atoms with van der Waals surface area (Å²) in [6.45, 7) is 1.38. The van der Waals surface area contributed by atoms with Gasteiger partial charge in [0.1, 0.15) is 6.17 Å². The van der Waals surface area contributed by atoms with Crippen molar-refractivity contribution in [3.8, 4) is 0 Å². The summed E-state index contributed by atoms with van der Waals surface area (Å²) in [5.74, 6) is -0.422. The molecule has 1 aliphatic rings. The Balaban J connectivity index is 2.12. The van der Waals surface area contributed by atoms with E-state index >= 15 is 0 Å². The SMILES string of the molecule is COC(=O)c1ccc([C@H]2CCN(C)C[C@H]2F)cc1. The zero-order chi connectivity index (χ0) is 13.1. The number of rotatable bonds is 2. The monoisotopic (exact) mass is 251 g/mol. The maximum absolute atomic E-state index is 14.0. The number of likely N-dealkylation sites (tertiary alicyclic amines) is 1. The van der Waals surface area contributed by atoms with Crippen LogP contribution in [0.1, 0.15) is 28.3 Å². The van der Waals surface area contributed by atoms with Crippen LogP contribution >= 0.6 is 0 Å². The maximum atomic E-state index is 14.0. The van der Waals surface area contributed by atoms with Gasteiger partial charge in [-0.25, -0.2) is 9.18 Å². The molecule has 1 aliphatic heterocycles. The molecule has 4 heteroatoms. The number of alkyl halides is 1. The zero-order valence-corrected chi connectivity index (χ0v) is 10.7. The number of methoxy groups -OCH3 is 1. The van der Waals surface area contributed by atoms with Crippen molar-refractivity contribution in [2.45, 2.75) is 18.5 Å². The van der Waals surface area contributed by atoms with E-state index in [0.717, 1.165) is 18.5 Å². The normalized spacial score (nSPS) is 24.8. The second kappa shape index (κ2) is 5.48. The van der Waals surface area contributed by atoms with Gasteiger partial charge >= 0.3 is 5.97 Å². The summed E-state index contributed by atoms with van der Waals surface area (Å²) in [7, 11) is 3.29. The molecule has 0 bridgehead atoms. The highest BCUT2D eigenvalue weighted by Crippen LogP contribution is 2.30. The molecule has 98 valence electrons.